The number of imidazole rings is 1. The van der Waals surface area contributed by atoms with Gasteiger partial charge in [-0.3, -0.25) is 14.6 Å². The Morgan fingerprint density at radius 1 is 0.792 bits per heavy atom. The maximum absolute atomic E-state index is 14.6. The average Bonchev–Trinajstić information content (AvgIpc) is 3.80. The number of benzene rings is 3. The Labute approximate surface area is 316 Å². The van der Waals surface area contributed by atoms with Gasteiger partial charge in [-0.15, -0.1) is 0 Å². The van der Waals surface area contributed by atoms with Crippen LogP contribution in [-0.2, 0) is 0 Å². The molecule has 0 bridgehead atoms. The summed E-state index contributed by atoms with van der Waals surface area (Å²) in [5.74, 6) is 0.167. The van der Waals surface area contributed by atoms with Crippen molar-refractivity contribution in [2.24, 2.45) is 0 Å². The number of hydrogen-bond acceptors (Lipinski definition) is 6. The Hall–Kier alpha value is -5.97. The summed E-state index contributed by atoms with van der Waals surface area (Å²) in [6.45, 7) is 4.16. The number of H-pyrrole nitrogens is 1. The molecule has 0 aliphatic carbocycles. The second kappa shape index (κ2) is 14.6. The number of fused-ring (bicyclic) bond motifs is 1. The fourth-order valence-corrected chi connectivity index (χ4v) is 7.20. The van der Waals surface area contributed by atoms with Crippen molar-refractivity contribution >= 4 is 57.4 Å². The van der Waals surface area contributed by atoms with E-state index >= 15 is 0 Å². The summed E-state index contributed by atoms with van der Waals surface area (Å²) in [4.78, 5) is 48.8. The molecular formula is C41H34Cl2N8O2. The van der Waals surface area contributed by atoms with Crippen molar-refractivity contribution in [1.29, 1.82) is 0 Å². The van der Waals surface area contributed by atoms with Crippen LogP contribution in [0.2, 0.25) is 10.0 Å². The number of nitrogens with zero attached hydrogens (tertiary/aromatic N) is 6. The Morgan fingerprint density at radius 3 is 2.28 bits per heavy atom. The largest absolute Gasteiger partial charge is 0.351 e. The first-order valence-corrected chi connectivity index (χ1v) is 18.0. The van der Waals surface area contributed by atoms with Gasteiger partial charge in [0.25, 0.3) is 11.8 Å². The van der Waals surface area contributed by atoms with Crippen molar-refractivity contribution in [3.63, 3.8) is 0 Å². The van der Waals surface area contributed by atoms with Crippen LogP contribution < -0.4 is 10.2 Å². The Balaban J connectivity index is 1.17. The van der Waals surface area contributed by atoms with Gasteiger partial charge in [-0.2, -0.15) is 0 Å². The van der Waals surface area contributed by atoms with Crippen LogP contribution in [0.25, 0.3) is 33.4 Å². The summed E-state index contributed by atoms with van der Waals surface area (Å²) in [6, 6.07) is 32.1. The first-order chi connectivity index (χ1) is 25.9. The van der Waals surface area contributed by atoms with E-state index in [1.54, 1.807) is 35.5 Å². The summed E-state index contributed by atoms with van der Waals surface area (Å²) < 4.78 is 2.10. The molecule has 53 heavy (non-hydrogen) atoms. The number of nitrogens with one attached hydrogen (secondary N) is 2. The predicted molar refractivity (Wildman–Crippen MR) is 210 cm³/mol. The Bertz CT molecular complexity index is 2420. The smallest absolute Gasteiger partial charge is 0.272 e. The molecule has 4 aromatic heterocycles. The van der Waals surface area contributed by atoms with E-state index in [0.717, 1.165) is 27.9 Å². The highest BCUT2D eigenvalue weighted by Crippen LogP contribution is 2.41. The van der Waals surface area contributed by atoms with Crippen LogP contribution in [0.3, 0.4) is 0 Å². The molecule has 7 aromatic rings. The van der Waals surface area contributed by atoms with Gasteiger partial charge in [-0.25, -0.2) is 9.97 Å². The number of pyridine rings is 2. The van der Waals surface area contributed by atoms with Gasteiger partial charge in [0.2, 0.25) is 0 Å². The highest BCUT2D eigenvalue weighted by Gasteiger charge is 2.29. The molecule has 1 unspecified atom stereocenters. The van der Waals surface area contributed by atoms with E-state index in [-0.39, 0.29) is 17.9 Å². The van der Waals surface area contributed by atoms with Gasteiger partial charge >= 0.3 is 0 Å². The van der Waals surface area contributed by atoms with Crippen LogP contribution in [0.4, 0.5) is 11.5 Å². The molecule has 0 spiro atoms. The van der Waals surface area contributed by atoms with Gasteiger partial charge < -0.3 is 24.7 Å². The second-order valence-electron chi connectivity index (χ2n) is 12.8. The number of halogens is 2. The highest BCUT2D eigenvalue weighted by molar-refractivity contribution is 6.31. The third kappa shape index (κ3) is 6.74. The zero-order chi connectivity index (χ0) is 36.5. The number of carbonyl (C=O) groups is 2. The molecule has 3 aromatic carbocycles. The van der Waals surface area contributed by atoms with Crippen molar-refractivity contribution in [1.82, 2.24) is 29.4 Å². The van der Waals surface area contributed by atoms with Crippen molar-refractivity contribution in [2.75, 3.05) is 36.4 Å². The fourth-order valence-electron chi connectivity index (χ4n) is 6.90. The zero-order valence-electron chi connectivity index (χ0n) is 28.7. The summed E-state index contributed by atoms with van der Waals surface area (Å²) in [7, 11) is 0. The standard InChI is InChI=1S/C41H34Cl2N8O2/c1-26(27-12-14-29(42)15-13-27)51-25-46-36(28-8-3-2-4-9-28)38(51)35-31-17-16-30(43)24-34(31)47-37(35)40(52)48-32-11-7-19-45-39(32)49-20-22-50(23-21-49)41(53)33-10-5-6-18-44-33/h2-19,24-26,47H,20-23H2,1H3,(H,48,52). The molecule has 2 amide bonds. The lowest BCUT2D eigenvalue weighted by atomic mass is 9.99. The highest BCUT2D eigenvalue weighted by atomic mass is 35.5. The molecule has 264 valence electrons. The van der Waals surface area contributed by atoms with Crippen molar-refractivity contribution < 1.29 is 9.59 Å². The van der Waals surface area contributed by atoms with E-state index in [4.69, 9.17) is 28.2 Å². The minimum Gasteiger partial charge on any atom is -0.351 e. The van der Waals surface area contributed by atoms with E-state index in [2.05, 4.69) is 36.7 Å². The Kier molecular flexibility index (Phi) is 9.39. The lowest BCUT2D eigenvalue weighted by molar-refractivity contribution is 0.0740. The topological polar surface area (TPSA) is 112 Å². The molecule has 5 heterocycles. The molecule has 0 radical (unpaired) electrons. The number of hydrogen-bond donors (Lipinski definition) is 2. The summed E-state index contributed by atoms with van der Waals surface area (Å²) >= 11 is 12.8. The summed E-state index contributed by atoms with van der Waals surface area (Å²) in [6.07, 6.45) is 5.15. The number of amides is 2. The molecule has 8 rings (SSSR count). The molecule has 1 saturated heterocycles. The molecule has 0 saturated carbocycles. The number of aromatic amines is 1. The second-order valence-corrected chi connectivity index (χ2v) is 13.7. The van der Waals surface area contributed by atoms with Crippen molar-refractivity contribution in [3.05, 3.63) is 149 Å². The maximum atomic E-state index is 14.6. The third-order valence-electron chi connectivity index (χ3n) is 9.62. The maximum Gasteiger partial charge on any atom is 0.272 e. The van der Waals surface area contributed by atoms with Crippen LogP contribution in [0, 0.1) is 0 Å². The molecule has 1 fully saturated rings. The quantitative estimate of drug-likeness (QED) is 0.161. The average molecular weight is 742 g/mol. The normalized spacial score (nSPS) is 13.6. The number of anilines is 2. The fraction of sp³-hybridized carbons (Fsp3) is 0.146. The first-order valence-electron chi connectivity index (χ1n) is 17.3. The lowest BCUT2D eigenvalue weighted by Crippen LogP contribution is -2.49. The minimum absolute atomic E-state index is 0.106. The van der Waals surface area contributed by atoms with E-state index < -0.39 is 0 Å². The molecule has 1 aliphatic heterocycles. The van der Waals surface area contributed by atoms with Crippen LogP contribution in [0.5, 0.6) is 0 Å². The third-order valence-corrected chi connectivity index (χ3v) is 10.1. The van der Waals surface area contributed by atoms with Crippen LogP contribution in [0.1, 0.15) is 39.5 Å². The number of rotatable bonds is 8. The van der Waals surface area contributed by atoms with Crippen molar-refractivity contribution in [3.8, 4) is 22.5 Å². The van der Waals surface area contributed by atoms with Gasteiger partial charge in [-0.1, -0.05) is 77.8 Å². The number of carbonyl (C=O) groups excluding carboxylic acids is 2. The van der Waals surface area contributed by atoms with Crippen LogP contribution in [-0.4, -0.2) is 67.4 Å². The number of piperazine rings is 1. The van der Waals surface area contributed by atoms with Crippen LogP contribution in [0.15, 0.2) is 122 Å². The van der Waals surface area contributed by atoms with Gasteiger partial charge in [0.1, 0.15) is 11.4 Å². The van der Waals surface area contributed by atoms with E-state index in [9.17, 15) is 9.59 Å². The van der Waals surface area contributed by atoms with Gasteiger partial charge in [-0.05, 0) is 61.0 Å². The first kappa shape index (κ1) is 34.1. The molecule has 10 nitrogen and oxygen atoms in total. The van der Waals surface area contributed by atoms with Crippen LogP contribution >= 0.6 is 23.2 Å². The predicted octanol–water partition coefficient (Wildman–Crippen LogP) is 8.62. The monoisotopic (exact) mass is 740 g/mol. The molecule has 1 aliphatic rings. The van der Waals surface area contributed by atoms with E-state index in [0.29, 0.717) is 70.2 Å². The molecular weight excluding hydrogens is 707 g/mol. The summed E-state index contributed by atoms with van der Waals surface area (Å²) in [5, 5.41) is 5.18. The van der Waals surface area contributed by atoms with E-state index in [1.165, 1.54) is 0 Å². The lowest BCUT2D eigenvalue weighted by Gasteiger charge is -2.36. The zero-order valence-corrected chi connectivity index (χ0v) is 30.2. The SMILES string of the molecule is CC(c1ccc(Cl)cc1)n1cnc(-c2ccccc2)c1-c1c(C(=O)Nc2cccnc2N2CCN(C(=O)c3ccccn3)CC2)[nH]c2cc(Cl)ccc12. The molecule has 12 heteroatoms. The van der Waals surface area contributed by atoms with E-state index in [1.807, 2.05) is 91.3 Å². The Morgan fingerprint density at radius 2 is 1.53 bits per heavy atom. The number of aromatic nitrogens is 5. The summed E-state index contributed by atoms with van der Waals surface area (Å²) in [5.41, 5.74) is 6.18. The van der Waals surface area contributed by atoms with Gasteiger partial charge in [0, 0.05) is 70.6 Å². The molecule has 2 N–H and O–H groups in total. The van der Waals surface area contributed by atoms with Gasteiger partial charge in [0.15, 0.2) is 5.82 Å². The van der Waals surface area contributed by atoms with Crippen molar-refractivity contribution in [2.45, 2.75) is 13.0 Å². The molecule has 1 atom stereocenters. The van der Waals surface area contributed by atoms with Gasteiger partial charge in [0.05, 0.1) is 29.4 Å². The minimum atomic E-state index is -0.351.